The van der Waals surface area contributed by atoms with Gasteiger partial charge in [0, 0.05) is 0 Å². The first-order chi connectivity index (χ1) is 6.36. The van der Waals surface area contributed by atoms with Crippen molar-refractivity contribution in [2.75, 3.05) is 0 Å². The topological polar surface area (TPSA) is 85.8 Å². The molecule has 0 radical (unpaired) electrons. The number of aromatic nitrogens is 2. The van der Waals surface area contributed by atoms with Crippen LogP contribution in [0.3, 0.4) is 0 Å². The van der Waals surface area contributed by atoms with Gasteiger partial charge in [-0.1, -0.05) is 0 Å². The predicted molar refractivity (Wildman–Crippen MR) is 56.7 cm³/mol. The normalized spacial score (nSPS) is 8.67. The molecule has 0 saturated carbocycles. The quantitative estimate of drug-likeness (QED) is 0.630. The Bertz CT molecular complexity index is 392. The van der Waals surface area contributed by atoms with Gasteiger partial charge in [0.2, 0.25) is 0 Å². The first-order valence-corrected chi connectivity index (χ1v) is 3.98. The van der Waals surface area contributed by atoms with Gasteiger partial charge in [0.25, 0.3) is 0 Å². The van der Waals surface area contributed by atoms with E-state index in [1.807, 2.05) is 24.3 Å². The van der Waals surface area contributed by atoms with Crippen molar-refractivity contribution >= 4 is 13.3 Å². The van der Waals surface area contributed by atoms with Gasteiger partial charge in [0.1, 0.15) is 0 Å². The Morgan fingerprint density at radius 3 is 2.13 bits per heavy atom. The zero-order chi connectivity index (χ0) is 9.10. The third kappa shape index (κ3) is 3.16. The number of hydrogen-bond donors (Lipinski definition) is 0. The number of benzene rings is 1. The van der Waals surface area contributed by atoms with Crippen LogP contribution < -0.4 is 5.46 Å². The molecule has 0 aliphatic rings. The van der Waals surface area contributed by atoms with E-state index in [2.05, 4.69) is 9.97 Å². The second-order valence-electron chi connectivity index (χ2n) is 2.71. The van der Waals surface area contributed by atoms with Crippen molar-refractivity contribution in [2.24, 2.45) is 0 Å². The third-order valence-electron chi connectivity index (χ3n) is 1.77. The van der Waals surface area contributed by atoms with Gasteiger partial charge in [-0.2, -0.15) is 0 Å². The van der Waals surface area contributed by atoms with Gasteiger partial charge < -0.3 is 11.0 Å². The molecule has 74 valence electrons. The number of hydrogen-bond acceptors (Lipinski definition) is 4. The zero-order valence-corrected chi connectivity index (χ0v) is 7.91. The van der Waals surface area contributed by atoms with Crippen LogP contribution in [0.5, 0.6) is 0 Å². The van der Waals surface area contributed by atoms with E-state index in [1.54, 1.807) is 18.6 Å². The summed E-state index contributed by atoms with van der Waals surface area (Å²) in [5.74, 6) is 0. The van der Waals surface area contributed by atoms with Gasteiger partial charge in [-0.25, -0.2) is 0 Å². The van der Waals surface area contributed by atoms with E-state index in [1.165, 1.54) is 0 Å². The maximum atomic E-state index is 5.57. The van der Waals surface area contributed by atoms with Gasteiger partial charge >= 0.3 is 77.4 Å². The largest absolute Gasteiger partial charge is 0.870 e. The average Bonchev–Trinajstić information content (AvgIpc) is 2.20. The van der Waals surface area contributed by atoms with E-state index < -0.39 is 0 Å². The SMILES string of the molecule is [B+2]c1ccc(-c2cnccn2)cc1.[OH-].[OH-]. The van der Waals surface area contributed by atoms with E-state index in [9.17, 15) is 0 Å². The molecule has 0 spiro atoms. The smallest absolute Gasteiger partial charge is 0.870 e. The Morgan fingerprint density at radius 2 is 1.60 bits per heavy atom. The molecule has 0 fully saturated rings. The minimum Gasteiger partial charge on any atom is -0.870 e. The van der Waals surface area contributed by atoms with E-state index in [4.69, 9.17) is 7.85 Å². The molecule has 15 heavy (non-hydrogen) atoms. The van der Waals surface area contributed by atoms with E-state index in [0.29, 0.717) is 0 Å². The molecule has 0 bridgehead atoms. The van der Waals surface area contributed by atoms with Crippen molar-refractivity contribution in [1.29, 1.82) is 0 Å². The van der Waals surface area contributed by atoms with Gasteiger partial charge in [0.15, 0.2) is 0 Å². The van der Waals surface area contributed by atoms with E-state index in [-0.39, 0.29) is 11.0 Å². The Labute approximate surface area is 89.0 Å². The fourth-order valence-corrected chi connectivity index (χ4v) is 1.10. The Hall–Kier alpha value is -1.72. The Kier molecular flexibility index (Phi) is 5.22. The summed E-state index contributed by atoms with van der Waals surface area (Å²) in [5, 5.41) is 0. The molecule has 1 aromatic carbocycles. The summed E-state index contributed by atoms with van der Waals surface area (Å²) >= 11 is 0. The van der Waals surface area contributed by atoms with Crippen molar-refractivity contribution in [3.63, 3.8) is 0 Å². The second-order valence-corrected chi connectivity index (χ2v) is 2.71. The Morgan fingerprint density at radius 1 is 0.933 bits per heavy atom. The van der Waals surface area contributed by atoms with Crippen molar-refractivity contribution in [3.8, 4) is 11.3 Å². The molecule has 1 heterocycles. The molecule has 0 amide bonds. The minimum absolute atomic E-state index is 0. The van der Waals surface area contributed by atoms with E-state index >= 15 is 0 Å². The van der Waals surface area contributed by atoms with Gasteiger partial charge in [0.05, 0.1) is 0 Å². The van der Waals surface area contributed by atoms with Crippen LogP contribution in [0.1, 0.15) is 0 Å². The van der Waals surface area contributed by atoms with E-state index in [0.717, 1.165) is 16.7 Å². The average molecular weight is 200 g/mol. The first-order valence-electron chi connectivity index (χ1n) is 3.98. The van der Waals surface area contributed by atoms with Gasteiger partial charge in [-0.3, -0.25) is 0 Å². The van der Waals surface area contributed by atoms with Crippen LogP contribution in [0.15, 0.2) is 42.9 Å². The summed E-state index contributed by atoms with van der Waals surface area (Å²) in [6.07, 6.45) is 5.05. The molecule has 0 atom stereocenters. The molecule has 5 heteroatoms. The molecule has 2 N–H and O–H groups in total. The number of nitrogens with zero attached hydrogens (tertiary/aromatic N) is 2. The molecule has 2 rings (SSSR count). The summed E-state index contributed by atoms with van der Waals surface area (Å²) in [7, 11) is 5.57. The summed E-state index contributed by atoms with van der Waals surface area (Å²) in [4.78, 5) is 8.17. The second kappa shape index (κ2) is 5.90. The molecule has 2 aromatic rings. The molecule has 1 aromatic heterocycles. The van der Waals surface area contributed by atoms with Crippen LogP contribution in [0, 0.1) is 0 Å². The van der Waals surface area contributed by atoms with Gasteiger partial charge in [-0.15, -0.1) is 0 Å². The van der Waals surface area contributed by atoms with Crippen LogP contribution in [0.2, 0.25) is 0 Å². The van der Waals surface area contributed by atoms with Crippen molar-refractivity contribution in [3.05, 3.63) is 42.9 Å². The molecular weight excluding hydrogens is 191 g/mol. The molecule has 0 saturated heterocycles. The standard InChI is InChI=1S/C10H7BN2.2H2O/c11-9-3-1-8(2-4-9)10-7-12-5-6-13-10;;/h1-7H;2*1H2/q+2;;/p-2. The summed E-state index contributed by atoms with van der Waals surface area (Å²) in [6, 6.07) is 7.56. The molecule has 0 aliphatic heterocycles. The molecule has 4 nitrogen and oxygen atoms in total. The third-order valence-corrected chi connectivity index (χ3v) is 1.77. The monoisotopic (exact) mass is 200 g/mol. The summed E-state index contributed by atoms with van der Waals surface area (Å²) < 4.78 is 0. The predicted octanol–water partition coefficient (Wildman–Crippen LogP) is 0.584. The van der Waals surface area contributed by atoms with Crippen LogP contribution in [-0.2, 0) is 0 Å². The molecule has 0 aliphatic carbocycles. The van der Waals surface area contributed by atoms with Gasteiger partial charge in [-0.05, 0) is 0 Å². The molecule has 0 unspecified atom stereocenters. The summed E-state index contributed by atoms with van der Waals surface area (Å²) in [5.41, 5.74) is 2.65. The fraction of sp³-hybridized carbons (Fsp3) is 0. The van der Waals surface area contributed by atoms with Crippen LogP contribution in [0.4, 0.5) is 0 Å². The van der Waals surface area contributed by atoms with Crippen LogP contribution >= 0.6 is 0 Å². The summed E-state index contributed by atoms with van der Waals surface area (Å²) in [6.45, 7) is 0. The Balaban J connectivity index is 0.000000980. The first kappa shape index (κ1) is 13.3. The maximum absolute atomic E-state index is 5.57. The number of rotatable bonds is 1. The molecular formula is C10H9BN2O2. The maximum Gasteiger partial charge on any atom is -0.870 e. The van der Waals surface area contributed by atoms with Crippen LogP contribution in [0.25, 0.3) is 11.3 Å². The zero-order valence-electron chi connectivity index (χ0n) is 7.91. The van der Waals surface area contributed by atoms with Crippen LogP contribution in [-0.4, -0.2) is 28.8 Å². The fourth-order valence-electron chi connectivity index (χ4n) is 1.10. The van der Waals surface area contributed by atoms with Crippen molar-refractivity contribution in [1.82, 2.24) is 9.97 Å². The van der Waals surface area contributed by atoms with Crippen molar-refractivity contribution in [2.45, 2.75) is 0 Å². The van der Waals surface area contributed by atoms with Crippen molar-refractivity contribution < 1.29 is 11.0 Å². The minimum atomic E-state index is 0.